The van der Waals surface area contributed by atoms with Crippen LogP contribution in [-0.2, 0) is 24.4 Å². The van der Waals surface area contributed by atoms with Crippen molar-refractivity contribution in [1.82, 2.24) is 24.3 Å². The van der Waals surface area contributed by atoms with Crippen molar-refractivity contribution in [1.29, 1.82) is 0 Å². The number of hydrogen-bond acceptors (Lipinski definition) is 7. The number of nitrogens with one attached hydrogen (secondary N) is 1. The highest BCUT2D eigenvalue weighted by molar-refractivity contribution is 7.92. The average Bonchev–Trinajstić information content (AvgIpc) is 3.61. The van der Waals surface area contributed by atoms with E-state index in [1.54, 1.807) is 24.0 Å². The van der Waals surface area contributed by atoms with Crippen LogP contribution in [0.1, 0.15) is 43.9 Å². The molecule has 13 heteroatoms. The Morgan fingerprint density at radius 1 is 1.18 bits per heavy atom. The third kappa shape index (κ3) is 7.35. The summed E-state index contributed by atoms with van der Waals surface area (Å²) in [5, 5.41) is 1.04. The maximum atomic E-state index is 13.3. The topological polar surface area (TPSA) is 110 Å². The van der Waals surface area contributed by atoms with E-state index in [1.807, 2.05) is 11.9 Å². The molecule has 0 spiro atoms. The molecule has 3 fully saturated rings. The highest BCUT2D eigenvalue weighted by Crippen LogP contribution is 2.24. The van der Waals surface area contributed by atoms with Crippen LogP contribution in [0.3, 0.4) is 0 Å². The molecular formula is C25H36ClN5O5S2. The number of rotatable bonds is 9. The zero-order valence-electron chi connectivity index (χ0n) is 21.8. The fraction of sp³-hybridized carbons (Fsp3) is 0.640. The second-order valence-electron chi connectivity index (χ2n) is 10.3. The molecule has 1 aromatic rings. The largest absolute Gasteiger partial charge is 0.342 e. The number of amides is 3. The predicted octanol–water partition coefficient (Wildman–Crippen LogP) is 1.83. The highest BCUT2D eigenvalue weighted by atomic mass is 35.5. The van der Waals surface area contributed by atoms with Gasteiger partial charge >= 0.3 is 0 Å². The van der Waals surface area contributed by atoms with Gasteiger partial charge in [-0.25, -0.2) is 8.42 Å². The number of nitrogens with zero attached hydrogens (tertiary/aromatic N) is 4. The average molecular weight is 586 g/mol. The lowest BCUT2D eigenvalue weighted by molar-refractivity contribution is -0.143. The van der Waals surface area contributed by atoms with Crippen molar-refractivity contribution in [2.45, 2.75) is 57.2 Å². The van der Waals surface area contributed by atoms with Gasteiger partial charge in [-0.05, 0) is 50.3 Å². The molecule has 0 aromatic carbocycles. The standard InChI is InChI=1S/C25H36ClN5O5S2/c1-18(32)28(2)19-9-13-29(15-19)16-20-5-3-12-31(20)24(33)17-30-11-4-6-22(25(30)34)27-38(35,36)14-10-21-7-8-23(26)37-21/h7-8,10,14,19-20,22,27H,3-6,9,11-13,15-17H2,1-2H3/b14-10+/t19?,20-,22-/m0/s1. The number of likely N-dealkylation sites (tertiary alicyclic amines) is 3. The fourth-order valence-electron chi connectivity index (χ4n) is 5.48. The van der Waals surface area contributed by atoms with Gasteiger partial charge in [0.2, 0.25) is 27.7 Å². The van der Waals surface area contributed by atoms with Crippen LogP contribution < -0.4 is 4.72 Å². The summed E-state index contributed by atoms with van der Waals surface area (Å²) in [6, 6.07) is 2.78. The van der Waals surface area contributed by atoms with E-state index >= 15 is 0 Å². The zero-order chi connectivity index (χ0) is 27.4. The third-order valence-corrected chi connectivity index (χ3v) is 9.93. The van der Waals surface area contributed by atoms with Crippen LogP contribution in [0.25, 0.3) is 6.08 Å². The normalized spacial score (nSPS) is 25.0. The summed E-state index contributed by atoms with van der Waals surface area (Å²) in [7, 11) is -2.01. The Balaban J connectivity index is 1.30. The summed E-state index contributed by atoms with van der Waals surface area (Å²) < 4.78 is 28.2. The van der Waals surface area contributed by atoms with Gasteiger partial charge in [-0.15, -0.1) is 11.3 Å². The van der Waals surface area contributed by atoms with E-state index in [0.717, 1.165) is 44.3 Å². The Hall–Kier alpha value is -1.99. The fourth-order valence-corrected chi connectivity index (χ4v) is 7.55. The molecule has 210 valence electrons. The monoisotopic (exact) mass is 585 g/mol. The van der Waals surface area contributed by atoms with E-state index in [4.69, 9.17) is 11.6 Å². The van der Waals surface area contributed by atoms with Crippen molar-refractivity contribution in [2.75, 3.05) is 46.3 Å². The van der Waals surface area contributed by atoms with Gasteiger partial charge in [-0.1, -0.05) is 11.6 Å². The van der Waals surface area contributed by atoms with Crippen LogP contribution in [-0.4, -0.2) is 110 Å². The van der Waals surface area contributed by atoms with Crippen molar-refractivity contribution in [2.24, 2.45) is 0 Å². The second kappa shape index (κ2) is 12.5. The van der Waals surface area contributed by atoms with Gasteiger partial charge in [-0.3, -0.25) is 19.3 Å². The minimum absolute atomic E-state index is 0.0488. The maximum absolute atomic E-state index is 13.3. The molecule has 3 amide bonds. The van der Waals surface area contributed by atoms with Crippen molar-refractivity contribution in [3.05, 3.63) is 26.8 Å². The molecule has 0 radical (unpaired) electrons. The van der Waals surface area contributed by atoms with Gasteiger partial charge in [0.25, 0.3) is 0 Å². The number of piperidine rings is 1. The summed E-state index contributed by atoms with van der Waals surface area (Å²) in [4.78, 5) is 46.2. The Morgan fingerprint density at radius 3 is 2.66 bits per heavy atom. The Bertz CT molecular complexity index is 1170. The summed E-state index contributed by atoms with van der Waals surface area (Å²) in [6.07, 6.45) is 5.19. The molecule has 3 aliphatic heterocycles. The Labute approximate surface area is 233 Å². The number of carbonyl (C=O) groups excluding carboxylic acids is 3. The highest BCUT2D eigenvalue weighted by Gasteiger charge is 2.37. The van der Waals surface area contributed by atoms with Gasteiger partial charge in [0.1, 0.15) is 6.04 Å². The van der Waals surface area contributed by atoms with Gasteiger partial charge in [-0.2, -0.15) is 4.72 Å². The van der Waals surface area contributed by atoms with E-state index in [0.29, 0.717) is 35.1 Å². The SMILES string of the molecule is CC(=O)N(C)C1CCN(C[C@@H]2CCCN2C(=O)CN2CCC[C@H](NS(=O)(=O)/C=C/c3ccc(Cl)s3)C2=O)C1. The van der Waals surface area contributed by atoms with Gasteiger partial charge < -0.3 is 14.7 Å². The van der Waals surface area contributed by atoms with Crippen LogP contribution in [0.5, 0.6) is 0 Å². The molecule has 0 bridgehead atoms. The van der Waals surface area contributed by atoms with Crippen LogP contribution >= 0.6 is 22.9 Å². The number of sulfonamides is 1. The van der Waals surface area contributed by atoms with Gasteiger partial charge in [0.15, 0.2) is 0 Å². The van der Waals surface area contributed by atoms with Gasteiger partial charge in [0.05, 0.1) is 10.9 Å². The van der Waals surface area contributed by atoms with Crippen molar-refractivity contribution >= 4 is 56.8 Å². The quantitative estimate of drug-likeness (QED) is 0.473. The van der Waals surface area contributed by atoms with Crippen molar-refractivity contribution < 1.29 is 22.8 Å². The molecular weight excluding hydrogens is 550 g/mol. The summed E-state index contributed by atoms with van der Waals surface area (Å²) in [6.45, 7) is 5.06. The molecule has 10 nitrogen and oxygen atoms in total. The van der Waals surface area contributed by atoms with Crippen LogP contribution in [0, 0.1) is 0 Å². The van der Waals surface area contributed by atoms with E-state index in [-0.39, 0.29) is 36.3 Å². The molecule has 38 heavy (non-hydrogen) atoms. The Morgan fingerprint density at radius 2 is 1.95 bits per heavy atom. The molecule has 1 unspecified atom stereocenters. The summed E-state index contributed by atoms with van der Waals surface area (Å²) in [5.41, 5.74) is 0. The number of thiophene rings is 1. The van der Waals surface area contributed by atoms with E-state index in [1.165, 1.54) is 22.3 Å². The van der Waals surface area contributed by atoms with Crippen molar-refractivity contribution in [3.63, 3.8) is 0 Å². The molecule has 0 aliphatic carbocycles. The predicted molar refractivity (Wildman–Crippen MR) is 148 cm³/mol. The molecule has 1 aromatic heterocycles. The molecule has 1 N–H and O–H groups in total. The van der Waals surface area contributed by atoms with E-state index < -0.39 is 16.1 Å². The maximum Gasteiger partial charge on any atom is 0.242 e. The number of likely N-dealkylation sites (N-methyl/N-ethyl adjacent to an activating group) is 1. The minimum Gasteiger partial charge on any atom is -0.342 e. The second-order valence-corrected chi connectivity index (χ2v) is 13.6. The summed E-state index contributed by atoms with van der Waals surface area (Å²) in [5.74, 6) is -0.411. The molecule has 4 rings (SSSR count). The van der Waals surface area contributed by atoms with Crippen LogP contribution in [0.4, 0.5) is 0 Å². The molecule has 3 atom stereocenters. The smallest absolute Gasteiger partial charge is 0.242 e. The van der Waals surface area contributed by atoms with E-state index in [9.17, 15) is 22.8 Å². The van der Waals surface area contributed by atoms with Crippen molar-refractivity contribution in [3.8, 4) is 0 Å². The molecule has 3 aliphatic rings. The summed E-state index contributed by atoms with van der Waals surface area (Å²) >= 11 is 7.15. The number of carbonyl (C=O) groups is 3. The first-order valence-corrected chi connectivity index (χ1v) is 15.8. The number of hydrogen-bond donors (Lipinski definition) is 1. The lowest BCUT2D eigenvalue weighted by Crippen LogP contribution is -2.55. The lowest BCUT2D eigenvalue weighted by Gasteiger charge is -2.34. The minimum atomic E-state index is -3.85. The molecule has 3 saturated heterocycles. The number of halogens is 1. The third-order valence-electron chi connectivity index (χ3n) is 7.63. The van der Waals surface area contributed by atoms with Crippen LogP contribution in [0.15, 0.2) is 17.5 Å². The lowest BCUT2D eigenvalue weighted by atomic mass is 10.1. The first-order chi connectivity index (χ1) is 18.0. The van der Waals surface area contributed by atoms with E-state index in [2.05, 4.69) is 9.62 Å². The first kappa shape index (κ1) is 29.0. The molecule has 4 heterocycles. The Kier molecular flexibility index (Phi) is 9.51. The van der Waals surface area contributed by atoms with Crippen LogP contribution in [0.2, 0.25) is 4.34 Å². The zero-order valence-corrected chi connectivity index (χ0v) is 24.2. The van der Waals surface area contributed by atoms with Gasteiger partial charge in [0, 0.05) is 69.1 Å². The molecule has 0 saturated carbocycles. The first-order valence-electron chi connectivity index (χ1n) is 13.0.